The zero-order valence-corrected chi connectivity index (χ0v) is 14.3. The summed E-state index contributed by atoms with van der Waals surface area (Å²) in [5, 5.41) is 3.37. The number of fused-ring (bicyclic) bond motifs is 1. The van der Waals surface area contributed by atoms with Gasteiger partial charge in [0.1, 0.15) is 16.9 Å². The third kappa shape index (κ3) is 3.43. The topological polar surface area (TPSA) is 47.6 Å². The summed E-state index contributed by atoms with van der Waals surface area (Å²) in [6.07, 6.45) is 2.56. The fourth-order valence-corrected chi connectivity index (χ4v) is 3.10. The van der Waals surface area contributed by atoms with E-state index in [9.17, 15) is 4.79 Å². The summed E-state index contributed by atoms with van der Waals surface area (Å²) in [4.78, 5) is 12.1. The average Bonchev–Trinajstić information content (AvgIpc) is 2.78. The molecule has 2 rings (SSSR count). The lowest BCUT2D eigenvalue weighted by Gasteiger charge is -2.28. The van der Waals surface area contributed by atoms with Crippen LogP contribution in [-0.4, -0.2) is 24.2 Å². The average molecular weight is 305 g/mol. The van der Waals surface area contributed by atoms with E-state index in [1.807, 2.05) is 6.92 Å². The number of esters is 1. The smallest absolute Gasteiger partial charge is 0.325 e. The highest BCUT2D eigenvalue weighted by Crippen LogP contribution is 2.37. The van der Waals surface area contributed by atoms with Crippen molar-refractivity contribution in [2.24, 2.45) is 0 Å². The first-order valence-corrected chi connectivity index (χ1v) is 7.94. The third-order valence-electron chi connectivity index (χ3n) is 4.23. The van der Waals surface area contributed by atoms with Gasteiger partial charge in [0.2, 0.25) is 0 Å². The molecule has 0 saturated heterocycles. The molecule has 1 aliphatic rings. The second-order valence-electron chi connectivity index (χ2n) is 6.87. The number of hydrogen-bond donors (Lipinski definition) is 1. The van der Waals surface area contributed by atoms with E-state index in [2.05, 4.69) is 44.3 Å². The molecule has 22 heavy (non-hydrogen) atoms. The normalized spacial score (nSPS) is 18.2. The minimum absolute atomic E-state index is 0.159. The van der Waals surface area contributed by atoms with Crippen LogP contribution in [0.5, 0.6) is 5.75 Å². The van der Waals surface area contributed by atoms with Gasteiger partial charge >= 0.3 is 5.97 Å². The zero-order valence-electron chi connectivity index (χ0n) is 14.3. The van der Waals surface area contributed by atoms with Gasteiger partial charge in [0, 0.05) is 18.5 Å². The lowest BCUT2D eigenvalue weighted by Crippen LogP contribution is -2.49. The summed E-state index contributed by atoms with van der Waals surface area (Å²) in [5.74, 6) is 0.742. The summed E-state index contributed by atoms with van der Waals surface area (Å²) in [5.41, 5.74) is 1.50. The molecule has 1 aromatic rings. The van der Waals surface area contributed by atoms with Gasteiger partial charge in [-0.25, -0.2) is 0 Å². The molecule has 0 aliphatic carbocycles. The highest BCUT2D eigenvalue weighted by atomic mass is 16.5. The van der Waals surface area contributed by atoms with Gasteiger partial charge in [-0.1, -0.05) is 31.5 Å². The monoisotopic (exact) mass is 305 g/mol. The molecule has 0 bridgehead atoms. The standard InChI is InChI=1S/C18H27NO3/c1-6-10-18(4,16(20)21-5)19-12-14-9-7-8-13-11-17(2,3)22-15(13)14/h7-9,19H,6,10-12H2,1-5H3/t18-/m1/s1. The summed E-state index contributed by atoms with van der Waals surface area (Å²) >= 11 is 0. The molecule has 0 unspecified atom stereocenters. The Morgan fingerprint density at radius 2 is 2.18 bits per heavy atom. The Kier molecular flexibility index (Phi) is 4.81. The highest BCUT2D eigenvalue weighted by Gasteiger charge is 2.35. The van der Waals surface area contributed by atoms with Gasteiger partial charge in [0.25, 0.3) is 0 Å². The first-order valence-electron chi connectivity index (χ1n) is 7.94. The molecule has 1 N–H and O–H groups in total. The lowest BCUT2D eigenvalue weighted by molar-refractivity contribution is -0.148. The van der Waals surface area contributed by atoms with Crippen LogP contribution in [0.3, 0.4) is 0 Å². The molecule has 1 aliphatic heterocycles. The number of rotatable bonds is 6. The molecular weight excluding hydrogens is 278 g/mol. The summed E-state index contributed by atoms with van der Waals surface area (Å²) < 4.78 is 11.0. The molecule has 0 radical (unpaired) electrons. The molecule has 4 heteroatoms. The molecule has 0 amide bonds. The van der Waals surface area contributed by atoms with Crippen molar-refractivity contribution in [2.75, 3.05) is 7.11 Å². The maximum Gasteiger partial charge on any atom is 0.325 e. The van der Waals surface area contributed by atoms with Crippen LogP contribution in [0.15, 0.2) is 18.2 Å². The Morgan fingerprint density at radius 3 is 2.82 bits per heavy atom. The third-order valence-corrected chi connectivity index (χ3v) is 4.23. The first-order chi connectivity index (χ1) is 10.3. The van der Waals surface area contributed by atoms with Crippen LogP contribution in [0.1, 0.15) is 51.7 Å². The molecular formula is C18H27NO3. The van der Waals surface area contributed by atoms with Crippen molar-refractivity contribution in [3.63, 3.8) is 0 Å². The molecule has 1 atom stereocenters. The van der Waals surface area contributed by atoms with Crippen LogP contribution in [0, 0.1) is 0 Å². The van der Waals surface area contributed by atoms with Gasteiger partial charge in [0.05, 0.1) is 7.11 Å². The van der Waals surface area contributed by atoms with Gasteiger partial charge in [-0.3, -0.25) is 10.1 Å². The summed E-state index contributed by atoms with van der Waals surface area (Å²) in [6, 6.07) is 6.21. The number of hydrogen-bond acceptors (Lipinski definition) is 4. The van der Waals surface area contributed by atoms with E-state index in [1.165, 1.54) is 12.7 Å². The van der Waals surface area contributed by atoms with Crippen molar-refractivity contribution in [2.45, 2.75) is 64.6 Å². The van der Waals surface area contributed by atoms with Crippen molar-refractivity contribution >= 4 is 5.97 Å². The fraction of sp³-hybridized carbons (Fsp3) is 0.611. The van der Waals surface area contributed by atoms with Crippen molar-refractivity contribution in [3.8, 4) is 5.75 Å². The summed E-state index contributed by atoms with van der Waals surface area (Å²) in [7, 11) is 1.43. The van der Waals surface area contributed by atoms with E-state index in [-0.39, 0.29) is 11.6 Å². The number of benzene rings is 1. The van der Waals surface area contributed by atoms with E-state index >= 15 is 0 Å². The number of carbonyl (C=O) groups is 1. The van der Waals surface area contributed by atoms with Gasteiger partial charge in [-0.2, -0.15) is 0 Å². The second-order valence-corrected chi connectivity index (χ2v) is 6.87. The van der Waals surface area contributed by atoms with Crippen LogP contribution < -0.4 is 10.1 Å². The van der Waals surface area contributed by atoms with Crippen molar-refractivity contribution < 1.29 is 14.3 Å². The lowest BCUT2D eigenvalue weighted by atomic mass is 9.95. The molecule has 0 spiro atoms. The number of carbonyl (C=O) groups excluding carboxylic acids is 1. The Morgan fingerprint density at radius 1 is 1.45 bits per heavy atom. The SMILES string of the molecule is CCC[C@@](C)(NCc1cccc2c1OC(C)(C)C2)C(=O)OC. The van der Waals surface area contributed by atoms with Crippen molar-refractivity contribution in [3.05, 3.63) is 29.3 Å². The van der Waals surface area contributed by atoms with E-state index in [4.69, 9.17) is 9.47 Å². The van der Waals surface area contributed by atoms with Gasteiger partial charge < -0.3 is 9.47 Å². The predicted molar refractivity (Wildman–Crippen MR) is 87.0 cm³/mol. The van der Waals surface area contributed by atoms with Crippen LogP contribution >= 0.6 is 0 Å². The Bertz CT molecular complexity index is 553. The molecule has 122 valence electrons. The Hall–Kier alpha value is -1.55. The number of nitrogens with one attached hydrogen (secondary N) is 1. The van der Waals surface area contributed by atoms with Crippen LogP contribution in [-0.2, 0) is 22.5 Å². The van der Waals surface area contributed by atoms with Gasteiger partial charge in [-0.15, -0.1) is 0 Å². The van der Waals surface area contributed by atoms with Crippen LogP contribution in [0.2, 0.25) is 0 Å². The molecule has 4 nitrogen and oxygen atoms in total. The molecule has 1 aromatic carbocycles. The van der Waals surface area contributed by atoms with E-state index in [1.54, 1.807) is 0 Å². The zero-order chi connectivity index (χ0) is 16.4. The Labute approximate surface area is 133 Å². The summed E-state index contributed by atoms with van der Waals surface area (Å²) in [6.45, 7) is 8.75. The molecule has 0 aromatic heterocycles. The second kappa shape index (κ2) is 6.29. The van der Waals surface area contributed by atoms with Gasteiger partial charge in [-0.05, 0) is 32.8 Å². The number of methoxy groups -OCH3 is 1. The molecule has 0 fully saturated rings. The minimum atomic E-state index is -0.666. The number of para-hydroxylation sites is 1. The maximum atomic E-state index is 12.1. The highest BCUT2D eigenvalue weighted by molar-refractivity contribution is 5.80. The van der Waals surface area contributed by atoms with Crippen molar-refractivity contribution in [1.82, 2.24) is 5.32 Å². The van der Waals surface area contributed by atoms with Crippen LogP contribution in [0.4, 0.5) is 0 Å². The van der Waals surface area contributed by atoms with Crippen LogP contribution in [0.25, 0.3) is 0 Å². The quantitative estimate of drug-likeness (QED) is 0.820. The van der Waals surface area contributed by atoms with E-state index < -0.39 is 5.54 Å². The molecule has 0 saturated carbocycles. The van der Waals surface area contributed by atoms with E-state index in [0.29, 0.717) is 6.54 Å². The van der Waals surface area contributed by atoms with E-state index in [0.717, 1.165) is 30.6 Å². The van der Waals surface area contributed by atoms with Gasteiger partial charge in [0.15, 0.2) is 0 Å². The fourth-order valence-electron chi connectivity index (χ4n) is 3.10. The van der Waals surface area contributed by atoms with Crippen molar-refractivity contribution in [1.29, 1.82) is 0 Å². The molecule has 1 heterocycles. The minimum Gasteiger partial charge on any atom is -0.487 e. The Balaban J connectivity index is 2.16. The first kappa shape index (κ1) is 16.8. The number of ether oxygens (including phenoxy) is 2. The predicted octanol–water partition coefficient (Wildman–Crippen LogP) is 3.22. The maximum absolute atomic E-state index is 12.1. The largest absolute Gasteiger partial charge is 0.487 e.